The summed E-state index contributed by atoms with van der Waals surface area (Å²) in [6.07, 6.45) is 4.52. The Morgan fingerprint density at radius 2 is 1.97 bits per heavy atom. The first kappa shape index (κ1) is 20.6. The lowest BCUT2D eigenvalue weighted by molar-refractivity contribution is -0.384. The maximum Gasteiger partial charge on any atom is 0.309 e. The first-order valence-electron chi connectivity index (χ1n) is 8.86. The molecule has 1 amide bonds. The number of esters is 1. The summed E-state index contributed by atoms with van der Waals surface area (Å²) < 4.78 is 5.50. The number of nitrogens with one attached hydrogen (secondary N) is 1. The first-order chi connectivity index (χ1) is 13.9. The summed E-state index contributed by atoms with van der Waals surface area (Å²) in [5.41, 5.74) is 0.251. The van der Waals surface area contributed by atoms with Gasteiger partial charge in [0, 0.05) is 42.1 Å². The Balaban J connectivity index is 1.45. The Morgan fingerprint density at radius 3 is 2.59 bits per heavy atom. The molecule has 1 aromatic heterocycles. The van der Waals surface area contributed by atoms with Crippen molar-refractivity contribution in [3.05, 3.63) is 51.2 Å². The van der Waals surface area contributed by atoms with Crippen LogP contribution in [0.25, 0.3) is 0 Å². The van der Waals surface area contributed by atoms with Gasteiger partial charge in [0.05, 0.1) is 16.5 Å². The number of aromatic nitrogens is 2. The van der Waals surface area contributed by atoms with Crippen molar-refractivity contribution in [1.29, 1.82) is 0 Å². The van der Waals surface area contributed by atoms with Crippen molar-refractivity contribution in [2.45, 2.75) is 12.8 Å². The third-order valence-corrected chi connectivity index (χ3v) is 5.10. The number of ether oxygens (including phenoxy) is 1. The van der Waals surface area contributed by atoms with Crippen molar-refractivity contribution in [3.8, 4) is 0 Å². The van der Waals surface area contributed by atoms with E-state index in [0.29, 0.717) is 42.0 Å². The van der Waals surface area contributed by atoms with Crippen molar-refractivity contribution in [1.82, 2.24) is 9.97 Å². The third-order valence-electron chi connectivity index (χ3n) is 4.45. The van der Waals surface area contributed by atoms with Gasteiger partial charge in [-0.2, -0.15) is 0 Å². The summed E-state index contributed by atoms with van der Waals surface area (Å²) >= 11 is 3.17. The molecule has 1 N–H and O–H groups in total. The maximum absolute atomic E-state index is 12.2. The lowest BCUT2D eigenvalue weighted by Gasteiger charge is -2.30. The molecule has 3 rings (SSSR count). The minimum Gasteiger partial charge on any atom is -0.455 e. The number of nitrogens with zero attached hydrogens (tertiary/aromatic N) is 4. The molecule has 1 fully saturated rings. The SMILES string of the molecule is O=C(COC(=O)C1CCN(c2ncccn2)CC1)Nc1ccc([N+](=O)[O-])cc1Br. The van der Waals surface area contributed by atoms with Crippen molar-refractivity contribution in [2.24, 2.45) is 5.92 Å². The second-order valence-corrected chi connectivity index (χ2v) is 7.24. The van der Waals surface area contributed by atoms with Gasteiger partial charge in [0.2, 0.25) is 5.95 Å². The van der Waals surface area contributed by atoms with Gasteiger partial charge in [-0.3, -0.25) is 19.7 Å². The molecule has 0 unspecified atom stereocenters. The zero-order valence-corrected chi connectivity index (χ0v) is 16.9. The van der Waals surface area contributed by atoms with E-state index in [9.17, 15) is 19.7 Å². The Hall–Kier alpha value is -3.08. The number of nitro benzene ring substituents is 1. The van der Waals surface area contributed by atoms with E-state index < -0.39 is 23.4 Å². The molecule has 2 aromatic rings. The molecule has 0 atom stereocenters. The minimum atomic E-state index is -0.534. The number of benzene rings is 1. The number of anilines is 2. The van der Waals surface area contributed by atoms with Gasteiger partial charge in [-0.1, -0.05) is 0 Å². The second-order valence-electron chi connectivity index (χ2n) is 6.39. The monoisotopic (exact) mass is 463 g/mol. The van der Waals surface area contributed by atoms with E-state index in [1.807, 2.05) is 4.90 Å². The van der Waals surface area contributed by atoms with Crippen molar-refractivity contribution < 1.29 is 19.2 Å². The van der Waals surface area contributed by atoms with E-state index in [0.717, 1.165) is 0 Å². The van der Waals surface area contributed by atoms with Gasteiger partial charge in [-0.05, 0) is 40.9 Å². The molecule has 0 radical (unpaired) electrons. The van der Waals surface area contributed by atoms with Gasteiger partial charge >= 0.3 is 5.97 Å². The van der Waals surface area contributed by atoms with Crippen LogP contribution in [0.5, 0.6) is 0 Å². The number of non-ortho nitro benzene ring substituents is 1. The number of hydrogen-bond acceptors (Lipinski definition) is 8. The molecule has 0 spiro atoms. The summed E-state index contributed by atoms with van der Waals surface area (Å²) in [7, 11) is 0. The number of rotatable bonds is 6. The van der Waals surface area contributed by atoms with E-state index >= 15 is 0 Å². The average molecular weight is 464 g/mol. The third kappa shape index (κ3) is 5.47. The van der Waals surface area contributed by atoms with Crippen LogP contribution in [-0.4, -0.2) is 46.5 Å². The first-order valence-corrected chi connectivity index (χ1v) is 9.65. The lowest BCUT2D eigenvalue weighted by Crippen LogP contribution is -2.38. The quantitative estimate of drug-likeness (QED) is 0.393. The Kier molecular flexibility index (Phi) is 6.70. The number of amides is 1. The van der Waals surface area contributed by atoms with Gasteiger partial charge in [-0.25, -0.2) is 9.97 Å². The fraction of sp³-hybridized carbons (Fsp3) is 0.333. The molecule has 152 valence electrons. The van der Waals surface area contributed by atoms with Gasteiger partial charge in [-0.15, -0.1) is 0 Å². The predicted octanol–water partition coefficient (Wildman–Crippen LogP) is 2.55. The smallest absolute Gasteiger partial charge is 0.309 e. The molecule has 0 saturated carbocycles. The minimum absolute atomic E-state index is 0.103. The van der Waals surface area contributed by atoms with E-state index in [2.05, 4.69) is 31.2 Å². The molecule has 1 aliphatic rings. The highest BCUT2D eigenvalue weighted by Gasteiger charge is 2.27. The molecular formula is C18H18BrN5O5. The van der Waals surface area contributed by atoms with Crippen LogP contribution in [-0.2, 0) is 14.3 Å². The summed E-state index contributed by atoms with van der Waals surface area (Å²) in [5.74, 6) is -0.596. The van der Waals surface area contributed by atoms with Gasteiger partial charge in [0.1, 0.15) is 0 Å². The highest BCUT2D eigenvalue weighted by atomic mass is 79.9. The van der Waals surface area contributed by atoms with Crippen LogP contribution >= 0.6 is 15.9 Å². The maximum atomic E-state index is 12.2. The van der Waals surface area contributed by atoms with Crippen LogP contribution in [0, 0.1) is 16.0 Å². The normalized spacial score (nSPS) is 14.3. The summed E-state index contributed by atoms with van der Waals surface area (Å²) in [4.78, 5) is 44.9. The largest absolute Gasteiger partial charge is 0.455 e. The molecular weight excluding hydrogens is 446 g/mol. The molecule has 1 saturated heterocycles. The van der Waals surface area contributed by atoms with Gasteiger partial charge < -0.3 is 15.0 Å². The number of carbonyl (C=O) groups excluding carboxylic acids is 2. The van der Waals surface area contributed by atoms with Crippen LogP contribution in [0.3, 0.4) is 0 Å². The standard InChI is InChI=1S/C18H18BrN5O5/c19-14-10-13(24(27)28)2-3-15(14)22-16(25)11-29-17(26)12-4-8-23(9-5-12)18-20-6-1-7-21-18/h1-3,6-7,10,12H,4-5,8-9,11H2,(H,22,25). The Bertz CT molecular complexity index is 903. The molecule has 0 aliphatic carbocycles. The van der Waals surface area contributed by atoms with Crippen LogP contribution in [0.1, 0.15) is 12.8 Å². The van der Waals surface area contributed by atoms with E-state index in [1.165, 1.54) is 18.2 Å². The van der Waals surface area contributed by atoms with Crippen molar-refractivity contribution in [2.75, 3.05) is 29.9 Å². The molecule has 10 nitrogen and oxygen atoms in total. The highest BCUT2D eigenvalue weighted by molar-refractivity contribution is 9.10. The topological polar surface area (TPSA) is 128 Å². The van der Waals surface area contributed by atoms with Crippen molar-refractivity contribution in [3.63, 3.8) is 0 Å². The van der Waals surface area contributed by atoms with E-state index in [1.54, 1.807) is 18.5 Å². The molecule has 29 heavy (non-hydrogen) atoms. The summed E-state index contributed by atoms with van der Waals surface area (Å²) in [5, 5.41) is 13.3. The number of piperidine rings is 1. The van der Waals surface area contributed by atoms with Crippen LogP contribution in [0.15, 0.2) is 41.1 Å². The molecule has 1 aromatic carbocycles. The molecule has 0 bridgehead atoms. The Labute approximate surface area is 174 Å². The molecule has 11 heteroatoms. The summed E-state index contributed by atoms with van der Waals surface area (Å²) in [6.45, 7) is 0.835. The van der Waals surface area contributed by atoms with E-state index in [4.69, 9.17) is 4.74 Å². The fourth-order valence-corrected chi connectivity index (χ4v) is 3.40. The highest BCUT2D eigenvalue weighted by Crippen LogP contribution is 2.27. The Morgan fingerprint density at radius 1 is 1.28 bits per heavy atom. The van der Waals surface area contributed by atoms with E-state index in [-0.39, 0.29) is 11.6 Å². The van der Waals surface area contributed by atoms with Crippen LogP contribution < -0.4 is 10.2 Å². The second kappa shape index (κ2) is 9.41. The zero-order chi connectivity index (χ0) is 20.8. The van der Waals surface area contributed by atoms with Crippen LogP contribution in [0.4, 0.5) is 17.3 Å². The lowest BCUT2D eigenvalue weighted by atomic mass is 9.97. The van der Waals surface area contributed by atoms with Gasteiger partial charge in [0.15, 0.2) is 6.61 Å². The average Bonchev–Trinajstić information content (AvgIpc) is 2.74. The van der Waals surface area contributed by atoms with Crippen molar-refractivity contribution >= 4 is 45.1 Å². The van der Waals surface area contributed by atoms with Gasteiger partial charge in [0.25, 0.3) is 11.6 Å². The zero-order valence-electron chi connectivity index (χ0n) is 15.3. The molecule has 1 aliphatic heterocycles. The van der Waals surface area contributed by atoms with Crippen LogP contribution in [0.2, 0.25) is 0 Å². The number of hydrogen-bond donors (Lipinski definition) is 1. The number of nitro groups is 1. The summed E-state index contributed by atoms with van der Waals surface area (Å²) in [6, 6.07) is 5.71. The number of carbonyl (C=O) groups is 2. The fourth-order valence-electron chi connectivity index (χ4n) is 2.93. The number of halogens is 1. The predicted molar refractivity (Wildman–Crippen MR) is 107 cm³/mol. The molecule has 2 heterocycles.